The fraction of sp³-hybridized carbons (Fsp3) is 0.265. The number of aromatic nitrogens is 1. The highest BCUT2D eigenvalue weighted by atomic mass is 32.2. The van der Waals surface area contributed by atoms with Crippen LogP contribution >= 0.6 is 23.1 Å². The summed E-state index contributed by atoms with van der Waals surface area (Å²) in [7, 11) is 1.64. The summed E-state index contributed by atoms with van der Waals surface area (Å²) in [5.41, 5.74) is 4.04. The Hall–Kier alpha value is -4.08. The number of carbonyl (C=O) groups is 1. The fourth-order valence-corrected chi connectivity index (χ4v) is 6.69. The lowest BCUT2D eigenvalue weighted by Crippen LogP contribution is -2.40. The Morgan fingerprint density at radius 3 is 2.40 bits per heavy atom. The first-order valence-corrected chi connectivity index (χ1v) is 16.3. The van der Waals surface area contributed by atoms with Gasteiger partial charge in [-0.25, -0.2) is 9.79 Å². The van der Waals surface area contributed by atoms with Crippen LogP contribution in [0.1, 0.15) is 43.5 Å². The summed E-state index contributed by atoms with van der Waals surface area (Å²) >= 11 is 2.93. The minimum absolute atomic E-state index is 0.205. The number of rotatable bonds is 10. The van der Waals surface area contributed by atoms with Gasteiger partial charge in [0.25, 0.3) is 5.56 Å². The molecule has 0 N–H and O–H groups in total. The van der Waals surface area contributed by atoms with Gasteiger partial charge in [0.1, 0.15) is 5.75 Å². The Morgan fingerprint density at radius 1 is 1.05 bits per heavy atom. The molecule has 0 spiro atoms. The average Bonchev–Trinajstić information content (AvgIpc) is 3.36. The first-order valence-electron chi connectivity index (χ1n) is 14.3. The van der Waals surface area contributed by atoms with E-state index in [1.54, 1.807) is 30.4 Å². The standard InChI is InChI=1S/C34H35N3O4S2/c1-6-36(7-2)25-17-14-24(27(21-25)40-4)20-28-32(38)37-31(23-15-18-26(42-5)19-16-23)29(33(39)41-8-3)30(35-34(37)43-28)22-12-10-9-11-13-22/h9-21,31H,6-8H2,1-5H3/b28-20-/t31-/m1/s1. The number of fused-ring (bicyclic) bond motifs is 1. The lowest BCUT2D eigenvalue weighted by Gasteiger charge is -2.26. The van der Waals surface area contributed by atoms with E-state index in [1.807, 2.05) is 85.1 Å². The molecule has 0 bridgehead atoms. The average molecular weight is 614 g/mol. The number of hydrogen-bond donors (Lipinski definition) is 0. The van der Waals surface area contributed by atoms with Gasteiger partial charge in [-0.15, -0.1) is 11.8 Å². The number of anilines is 1. The minimum atomic E-state index is -0.712. The number of thioether (sulfide) groups is 1. The van der Waals surface area contributed by atoms with Crippen LogP contribution in [0.5, 0.6) is 5.75 Å². The monoisotopic (exact) mass is 613 g/mol. The van der Waals surface area contributed by atoms with E-state index in [1.165, 1.54) is 11.3 Å². The van der Waals surface area contributed by atoms with Crippen molar-refractivity contribution in [2.24, 2.45) is 4.99 Å². The maximum Gasteiger partial charge on any atom is 0.338 e. The molecule has 9 heteroatoms. The number of ether oxygens (including phenoxy) is 2. The van der Waals surface area contributed by atoms with Crippen molar-refractivity contribution in [2.45, 2.75) is 31.7 Å². The van der Waals surface area contributed by atoms with Crippen molar-refractivity contribution in [1.29, 1.82) is 0 Å². The Kier molecular flexibility index (Phi) is 9.52. The van der Waals surface area contributed by atoms with Crippen LogP contribution in [-0.4, -0.2) is 43.6 Å². The minimum Gasteiger partial charge on any atom is -0.496 e. The summed E-state index contributed by atoms with van der Waals surface area (Å²) in [4.78, 5) is 36.6. The number of carbonyl (C=O) groups excluding carboxylic acids is 1. The van der Waals surface area contributed by atoms with E-state index in [0.29, 0.717) is 26.4 Å². The van der Waals surface area contributed by atoms with Gasteiger partial charge in [0, 0.05) is 40.9 Å². The molecule has 222 valence electrons. The zero-order valence-electron chi connectivity index (χ0n) is 25.0. The highest BCUT2D eigenvalue weighted by Crippen LogP contribution is 2.36. The molecule has 1 aliphatic heterocycles. The van der Waals surface area contributed by atoms with Gasteiger partial charge >= 0.3 is 5.97 Å². The summed E-state index contributed by atoms with van der Waals surface area (Å²) in [5.74, 6) is 0.184. The fourth-order valence-electron chi connectivity index (χ4n) is 5.29. The quantitative estimate of drug-likeness (QED) is 0.174. The number of methoxy groups -OCH3 is 1. The maximum absolute atomic E-state index is 14.2. The molecule has 0 fully saturated rings. The van der Waals surface area contributed by atoms with Gasteiger partial charge in [-0.2, -0.15) is 0 Å². The Morgan fingerprint density at radius 2 is 1.77 bits per heavy atom. The van der Waals surface area contributed by atoms with Crippen LogP contribution in [-0.2, 0) is 9.53 Å². The lowest BCUT2D eigenvalue weighted by atomic mass is 9.93. The molecule has 0 amide bonds. The molecule has 1 atom stereocenters. The SMILES string of the molecule is CCOC(=O)C1=C(c2ccccc2)N=c2s/c(=C\c3ccc(N(CC)CC)cc3OC)c(=O)n2[C@@H]1c1ccc(SC)cc1. The second-order valence-corrected chi connectivity index (χ2v) is 11.7. The largest absolute Gasteiger partial charge is 0.496 e. The number of benzene rings is 3. The molecule has 4 aromatic rings. The van der Waals surface area contributed by atoms with Crippen molar-refractivity contribution in [3.8, 4) is 5.75 Å². The molecule has 3 aromatic carbocycles. The second-order valence-electron chi connectivity index (χ2n) is 9.80. The van der Waals surface area contributed by atoms with Crippen LogP contribution in [0, 0.1) is 0 Å². The zero-order chi connectivity index (χ0) is 30.5. The molecule has 5 rings (SSSR count). The molecule has 0 unspecified atom stereocenters. The van der Waals surface area contributed by atoms with E-state index < -0.39 is 12.0 Å². The third-order valence-electron chi connectivity index (χ3n) is 7.44. The van der Waals surface area contributed by atoms with Crippen LogP contribution in [0.15, 0.2) is 93.1 Å². The summed E-state index contributed by atoms with van der Waals surface area (Å²) in [6.07, 6.45) is 3.86. The van der Waals surface area contributed by atoms with Gasteiger partial charge in [0.2, 0.25) is 0 Å². The molecule has 7 nitrogen and oxygen atoms in total. The molecule has 0 aliphatic carbocycles. The zero-order valence-corrected chi connectivity index (χ0v) is 26.6. The topological polar surface area (TPSA) is 73.1 Å². The number of hydrogen-bond acceptors (Lipinski definition) is 8. The molecule has 43 heavy (non-hydrogen) atoms. The van der Waals surface area contributed by atoms with Gasteiger partial charge in [-0.05, 0) is 62.9 Å². The van der Waals surface area contributed by atoms with Gasteiger partial charge in [0.15, 0.2) is 4.80 Å². The van der Waals surface area contributed by atoms with Crippen LogP contribution in [0.3, 0.4) is 0 Å². The van der Waals surface area contributed by atoms with Crippen molar-refractivity contribution in [1.82, 2.24) is 4.57 Å². The molecule has 0 saturated heterocycles. The van der Waals surface area contributed by atoms with Crippen molar-refractivity contribution >= 4 is 46.5 Å². The highest BCUT2D eigenvalue weighted by molar-refractivity contribution is 7.98. The third kappa shape index (κ3) is 6.05. The van der Waals surface area contributed by atoms with Crippen molar-refractivity contribution in [2.75, 3.05) is 38.0 Å². The van der Waals surface area contributed by atoms with E-state index in [4.69, 9.17) is 14.5 Å². The predicted octanol–water partition coefficient (Wildman–Crippen LogP) is 5.51. The van der Waals surface area contributed by atoms with Gasteiger partial charge in [-0.3, -0.25) is 9.36 Å². The molecular formula is C34H35N3O4S2. The third-order valence-corrected chi connectivity index (χ3v) is 9.16. The number of nitrogens with zero attached hydrogens (tertiary/aromatic N) is 3. The van der Waals surface area contributed by atoms with E-state index in [0.717, 1.165) is 40.4 Å². The van der Waals surface area contributed by atoms with E-state index >= 15 is 0 Å². The molecule has 1 aromatic heterocycles. The maximum atomic E-state index is 14.2. The van der Waals surface area contributed by atoms with Gasteiger partial charge in [-0.1, -0.05) is 53.8 Å². The first-order chi connectivity index (χ1) is 20.9. The van der Waals surface area contributed by atoms with E-state index in [9.17, 15) is 9.59 Å². The van der Waals surface area contributed by atoms with E-state index in [2.05, 4.69) is 18.7 Å². The summed E-state index contributed by atoms with van der Waals surface area (Å²) < 4.78 is 13.4. The molecular weight excluding hydrogens is 579 g/mol. The Labute approximate surface area is 259 Å². The van der Waals surface area contributed by atoms with Crippen LogP contribution in [0.25, 0.3) is 11.8 Å². The molecule has 0 saturated carbocycles. The lowest BCUT2D eigenvalue weighted by molar-refractivity contribution is -0.138. The van der Waals surface area contributed by atoms with Crippen molar-refractivity contribution in [3.63, 3.8) is 0 Å². The van der Waals surface area contributed by atoms with Crippen LogP contribution in [0.4, 0.5) is 5.69 Å². The summed E-state index contributed by atoms with van der Waals surface area (Å²) in [6, 6.07) is 22.8. The summed E-state index contributed by atoms with van der Waals surface area (Å²) in [6.45, 7) is 7.96. The van der Waals surface area contributed by atoms with Crippen LogP contribution < -0.4 is 24.5 Å². The second kappa shape index (κ2) is 13.5. The van der Waals surface area contributed by atoms with Crippen molar-refractivity contribution in [3.05, 3.63) is 115 Å². The smallest absolute Gasteiger partial charge is 0.338 e. The summed E-state index contributed by atoms with van der Waals surface area (Å²) in [5, 5.41) is 0. The van der Waals surface area contributed by atoms with Crippen molar-refractivity contribution < 1.29 is 14.3 Å². The Bertz CT molecular complexity index is 1820. The normalized spacial score (nSPS) is 14.7. The molecule has 0 radical (unpaired) electrons. The van der Waals surface area contributed by atoms with Gasteiger partial charge < -0.3 is 14.4 Å². The molecule has 2 heterocycles. The van der Waals surface area contributed by atoms with E-state index in [-0.39, 0.29) is 12.2 Å². The van der Waals surface area contributed by atoms with Gasteiger partial charge in [0.05, 0.1) is 35.6 Å². The molecule has 1 aliphatic rings. The highest BCUT2D eigenvalue weighted by Gasteiger charge is 2.35. The number of esters is 1. The first kappa shape index (κ1) is 30.4. The Balaban J connectivity index is 1.77. The number of thiazole rings is 1. The predicted molar refractivity (Wildman–Crippen MR) is 176 cm³/mol. The van der Waals surface area contributed by atoms with Crippen LogP contribution in [0.2, 0.25) is 0 Å².